The Bertz CT molecular complexity index is 1240. The Labute approximate surface area is 194 Å². The van der Waals surface area contributed by atoms with E-state index in [1.807, 2.05) is 38.1 Å². The molecule has 1 heterocycles. The second kappa shape index (κ2) is 9.73. The van der Waals surface area contributed by atoms with Crippen LogP contribution in [0.25, 0.3) is 16.7 Å². The maximum Gasteiger partial charge on any atom is 0.255 e. The summed E-state index contributed by atoms with van der Waals surface area (Å²) >= 11 is 0. The molecule has 33 heavy (non-hydrogen) atoms. The standard InChI is InChI=1S/C26H29N5O2/c1-5-30(6-2)20-10-12-21(13-11-20)31-28-24-16-18(4)23(17-25(24)29-31)27-26(32)19-8-14-22(15-9-19)33-7-3/h8-17H,5-7H2,1-4H3,(H,27,32). The molecule has 0 aliphatic heterocycles. The summed E-state index contributed by atoms with van der Waals surface area (Å²) in [5, 5.41) is 12.3. The van der Waals surface area contributed by atoms with E-state index in [-0.39, 0.29) is 5.91 Å². The third-order valence-corrected chi connectivity index (χ3v) is 5.61. The Morgan fingerprint density at radius 1 is 0.939 bits per heavy atom. The van der Waals surface area contributed by atoms with Crippen LogP contribution in [0.2, 0.25) is 0 Å². The van der Waals surface area contributed by atoms with Crippen LogP contribution in [0, 0.1) is 6.92 Å². The number of benzene rings is 3. The summed E-state index contributed by atoms with van der Waals surface area (Å²) in [4.78, 5) is 16.7. The summed E-state index contributed by atoms with van der Waals surface area (Å²) in [7, 11) is 0. The first-order valence-corrected chi connectivity index (χ1v) is 11.3. The number of aromatic nitrogens is 3. The Morgan fingerprint density at radius 3 is 2.18 bits per heavy atom. The van der Waals surface area contributed by atoms with Crippen molar-refractivity contribution in [3.05, 3.63) is 71.8 Å². The molecule has 0 saturated carbocycles. The van der Waals surface area contributed by atoms with Gasteiger partial charge in [-0.1, -0.05) is 0 Å². The smallest absolute Gasteiger partial charge is 0.255 e. The predicted octanol–water partition coefficient (Wildman–Crippen LogP) is 5.23. The van der Waals surface area contributed by atoms with E-state index < -0.39 is 0 Å². The molecule has 0 unspecified atom stereocenters. The van der Waals surface area contributed by atoms with Crippen LogP contribution < -0.4 is 15.0 Å². The van der Waals surface area contributed by atoms with Crippen molar-refractivity contribution >= 4 is 28.3 Å². The average Bonchev–Trinajstić information content (AvgIpc) is 3.24. The highest BCUT2D eigenvalue weighted by Gasteiger charge is 2.12. The fourth-order valence-electron chi connectivity index (χ4n) is 3.77. The molecule has 1 N–H and O–H groups in total. The zero-order chi connectivity index (χ0) is 23.4. The minimum Gasteiger partial charge on any atom is -0.494 e. The first-order valence-electron chi connectivity index (χ1n) is 11.3. The molecule has 0 aliphatic rings. The van der Waals surface area contributed by atoms with E-state index in [2.05, 4.69) is 46.4 Å². The van der Waals surface area contributed by atoms with Gasteiger partial charge in [0, 0.05) is 30.0 Å². The molecule has 4 aromatic rings. The van der Waals surface area contributed by atoms with Crippen molar-refractivity contribution in [2.75, 3.05) is 29.9 Å². The summed E-state index contributed by atoms with van der Waals surface area (Å²) in [6.45, 7) is 10.7. The summed E-state index contributed by atoms with van der Waals surface area (Å²) in [6.07, 6.45) is 0. The molecule has 170 valence electrons. The summed E-state index contributed by atoms with van der Waals surface area (Å²) in [5.41, 5.74) is 5.76. The van der Waals surface area contributed by atoms with E-state index in [1.54, 1.807) is 29.1 Å². The van der Waals surface area contributed by atoms with Gasteiger partial charge in [0.2, 0.25) is 0 Å². The van der Waals surface area contributed by atoms with E-state index in [0.29, 0.717) is 17.9 Å². The van der Waals surface area contributed by atoms with E-state index in [1.165, 1.54) is 5.69 Å². The van der Waals surface area contributed by atoms with Crippen LogP contribution in [0.5, 0.6) is 5.75 Å². The zero-order valence-electron chi connectivity index (χ0n) is 19.5. The minimum atomic E-state index is -0.181. The highest BCUT2D eigenvalue weighted by Crippen LogP contribution is 2.24. The van der Waals surface area contributed by atoms with Gasteiger partial charge in [0.25, 0.3) is 5.91 Å². The number of fused-ring (bicyclic) bond motifs is 1. The molecule has 0 aliphatic carbocycles. The Hall–Kier alpha value is -3.87. The summed E-state index contributed by atoms with van der Waals surface area (Å²) in [5.74, 6) is 0.563. The molecule has 0 saturated heterocycles. The first kappa shape index (κ1) is 22.3. The Kier molecular flexibility index (Phi) is 6.58. The van der Waals surface area contributed by atoms with Gasteiger partial charge in [0.15, 0.2) is 0 Å². The lowest BCUT2D eigenvalue weighted by Gasteiger charge is -2.20. The fourth-order valence-corrected chi connectivity index (χ4v) is 3.77. The number of hydrogen-bond acceptors (Lipinski definition) is 5. The third kappa shape index (κ3) is 4.82. The van der Waals surface area contributed by atoms with Gasteiger partial charge in [-0.3, -0.25) is 4.79 Å². The molecule has 0 bridgehead atoms. The van der Waals surface area contributed by atoms with Crippen molar-refractivity contribution in [1.82, 2.24) is 15.0 Å². The number of carbonyl (C=O) groups is 1. The normalized spacial score (nSPS) is 10.9. The second-order valence-electron chi connectivity index (χ2n) is 7.75. The maximum absolute atomic E-state index is 12.7. The molecule has 4 rings (SSSR count). The van der Waals surface area contributed by atoms with Crippen LogP contribution >= 0.6 is 0 Å². The van der Waals surface area contributed by atoms with Crippen LogP contribution in [-0.2, 0) is 0 Å². The molecular weight excluding hydrogens is 414 g/mol. The molecule has 0 spiro atoms. The van der Waals surface area contributed by atoms with Crippen molar-refractivity contribution < 1.29 is 9.53 Å². The Balaban J connectivity index is 1.55. The number of nitrogens with one attached hydrogen (secondary N) is 1. The van der Waals surface area contributed by atoms with Crippen LogP contribution in [0.4, 0.5) is 11.4 Å². The largest absolute Gasteiger partial charge is 0.494 e. The molecule has 0 atom stereocenters. The summed E-state index contributed by atoms with van der Waals surface area (Å²) in [6, 6.07) is 19.1. The van der Waals surface area contributed by atoms with Gasteiger partial charge >= 0.3 is 0 Å². The van der Waals surface area contributed by atoms with Gasteiger partial charge in [-0.25, -0.2) is 0 Å². The predicted molar refractivity (Wildman–Crippen MR) is 133 cm³/mol. The van der Waals surface area contributed by atoms with Gasteiger partial charge in [0.05, 0.1) is 12.3 Å². The quantitative estimate of drug-likeness (QED) is 0.404. The van der Waals surface area contributed by atoms with Crippen molar-refractivity contribution in [2.45, 2.75) is 27.7 Å². The van der Waals surface area contributed by atoms with Gasteiger partial charge in [-0.15, -0.1) is 10.2 Å². The van der Waals surface area contributed by atoms with Crippen molar-refractivity contribution in [3.63, 3.8) is 0 Å². The lowest BCUT2D eigenvalue weighted by Crippen LogP contribution is -2.21. The van der Waals surface area contributed by atoms with Gasteiger partial charge in [0.1, 0.15) is 16.8 Å². The fraction of sp³-hybridized carbons (Fsp3) is 0.269. The number of nitrogens with zero attached hydrogens (tertiary/aromatic N) is 4. The highest BCUT2D eigenvalue weighted by molar-refractivity contribution is 6.05. The number of aryl methyl sites for hydroxylation is 1. The van der Waals surface area contributed by atoms with Gasteiger partial charge in [-0.2, -0.15) is 4.80 Å². The number of hydrogen-bond donors (Lipinski definition) is 1. The van der Waals surface area contributed by atoms with Crippen LogP contribution in [0.1, 0.15) is 36.7 Å². The van der Waals surface area contributed by atoms with Crippen molar-refractivity contribution in [3.8, 4) is 11.4 Å². The number of ether oxygens (including phenoxy) is 1. The van der Waals surface area contributed by atoms with Crippen LogP contribution in [0.15, 0.2) is 60.7 Å². The Morgan fingerprint density at radius 2 is 1.58 bits per heavy atom. The molecule has 1 aromatic heterocycles. The molecule has 7 heteroatoms. The molecule has 7 nitrogen and oxygen atoms in total. The topological polar surface area (TPSA) is 72.3 Å². The van der Waals surface area contributed by atoms with Gasteiger partial charge < -0.3 is 15.0 Å². The van der Waals surface area contributed by atoms with E-state index >= 15 is 0 Å². The third-order valence-electron chi connectivity index (χ3n) is 5.61. The molecule has 0 fully saturated rings. The molecule has 0 radical (unpaired) electrons. The van der Waals surface area contributed by atoms with Crippen molar-refractivity contribution in [1.29, 1.82) is 0 Å². The van der Waals surface area contributed by atoms with E-state index in [0.717, 1.165) is 41.1 Å². The zero-order valence-corrected chi connectivity index (χ0v) is 19.5. The molecule has 3 aromatic carbocycles. The van der Waals surface area contributed by atoms with Crippen LogP contribution in [-0.4, -0.2) is 40.6 Å². The lowest BCUT2D eigenvalue weighted by molar-refractivity contribution is 0.102. The summed E-state index contributed by atoms with van der Waals surface area (Å²) < 4.78 is 5.44. The van der Waals surface area contributed by atoms with E-state index in [9.17, 15) is 4.79 Å². The lowest BCUT2D eigenvalue weighted by atomic mass is 10.1. The number of carbonyl (C=O) groups excluding carboxylic acids is 1. The number of anilines is 2. The minimum absolute atomic E-state index is 0.181. The highest BCUT2D eigenvalue weighted by atomic mass is 16.5. The SMILES string of the molecule is CCOc1ccc(C(=O)Nc2cc3nn(-c4ccc(N(CC)CC)cc4)nc3cc2C)cc1. The molecule has 1 amide bonds. The maximum atomic E-state index is 12.7. The second-order valence-corrected chi connectivity index (χ2v) is 7.75. The number of amides is 1. The van der Waals surface area contributed by atoms with Crippen LogP contribution in [0.3, 0.4) is 0 Å². The first-order chi connectivity index (χ1) is 16.0. The average molecular weight is 444 g/mol. The monoisotopic (exact) mass is 443 g/mol. The van der Waals surface area contributed by atoms with E-state index in [4.69, 9.17) is 4.74 Å². The van der Waals surface area contributed by atoms with Gasteiger partial charge in [-0.05, 0) is 93.9 Å². The van der Waals surface area contributed by atoms with Crippen molar-refractivity contribution in [2.24, 2.45) is 0 Å². The molecular formula is C26H29N5O2. The number of rotatable bonds is 8.